The SMILES string of the molecule is O=C(CC1(O)C(=O)Nc2cccc(Cl)c21)c1ccc(C2CC2)cc1. The van der Waals surface area contributed by atoms with Gasteiger partial charge >= 0.3 is 0 Å². The highest BCUT2D eigenvalue weighted by Crippen LogP contribution is 2.43. The van der Waals surface area contributed by atoms with Gasteiger partial charge in [0.15, 0.2) is 11.4 Å². The number of rotatable bonds is 4. The fraction of sp³-hybridized carbons (Fsp3) is 0.263. The quantitative estimate of drug-likeness (QED) is 0.834. The van der Waals surface area contributed by atoms with Crippen molar-refractivity contribution in [1.29, 1.82) is 0 Å². The summed E-state index contributed by atoms with van der Waals surface area (Å²) in [4.78, 5) is 24.8. The van der Waals surface area contributed by atoms with Crippen molar-refractivity contribution in [3.05, 3.63) is 64.2 Å². The summed E-state index contributed by atoms with van der Waals surface area (Å²) in [5.74, 6) is -0.291. The smallest absolute Gasteiger partial charge is 0.261 e. The Balaban J connectivity index is 1.62. The Morgan fingerprint density at radius 1 is 1.21 bits per heavy atom. The van der Waals surface area contributed by atoms with E-state index in [4.69, 9.17) is 11.6 Å². The van der Waals surface area contributed by atoms with E-state index < -0.39 is 11.5 Å². The molecule has 24 heavy (non-hydrogen) atoms. The van der Waals surface area contributed by atoms with E-state index in [0.717, 1.165) is 0 Å². The maximum atomic E-state index is 12.6. The van der Waals surface area contributed by atoms with Crippen molar-refractivity contribution >= 4 is 29.0 Å². The van der Waals surface area contributed by atoms with E-state index in [1.807, 2.05) is 12.1 Å². The highest BCUT2D eigenvalue weighted by atomic mass is 35.5. The lowest BCUT2D eigenvalue weighted by atomic mass is 9.88. The van der Waals surface area contributed by atoms with Gasteiger partial charge in [-0.25, -0.2) is 0 Å². The molecule has 4 rings (SSSR count). The number of halogens is 1. The van der Waals surface area contributed by atoms with Crippen LogP contribution in [0.2, 0.25) is 5.02 Å². The number of carbonyl (C=O) groups excluding carboxylic acids is 2. The van der Waals surface area contributed by atoms with Crippen LogP contribution >= 0.6 is 11.6 Å². The topological polar surface area (TPSA) is 66.4 Å². The lowest BCUT2D eigenvalue weighted by Crippen LogP contribution is -2.36. The number of hydrogen-bond acceptors (Lipinski definition) is 3. The van der Waals surface area contributed by atoms with E-state index in [1.165, 1.54) is 18.4 Å². The number of benzene rings is 2. The third-order valence-electron chi connectivity index (χ3n) is 4.75. The summed E-state index contributed by atoms with van der Waals surface area (Å²) in [6.45, 7) is 0. The van der Waals surface area contributed by atoms with Gasteiger partial charge in [-0.2, -0.15) is 0 Å². The van der Waals surface area contributed by atoms with E-state index in [2.05, 4.69) is 5.32 Å². The molecular weight excluding hydrogens is 326 g/mol. The Morgan fingerprint density at radius 3 is 2.58 bits per heavy atom. The lowest BCUT2D eigenvalue weighted by Gasteiger charge is -2.21. The summed E-state index contributed by atoms with van der Waals surface area (Å²) in [6.07, 6.45) is 2.06. The molecule has 1 heterocycles. The number of Topliss-reactive ketones (excluding diaryl/α,β-unsaturated/α-hetero) is 1. The Hall–Kier alpha value is -2.17. The fourth-order valence-electron chi connectivity index (χ4n) is 3.25. The number of ketones is 1. The number of amides is 1. The molecule has 0 aromatic heterocycles. The number of anilines is 1. The lowest BCUT2D eigenvalue weighted by molar-refractivity contribution is -0.133. The highest BCUT2D eigenvalue weighted by molar-refractivity contribution is 6.33. The molecule has 2 aliphatic rings. The molecule has 2 N–H and O–H groups in total. The maximum absolute atomic E-state index is 12.6. The number of nitrogens with one attached hydrogen (secondary N) is 1. The molecule has 1 aliphatic heterocycles. The molecule has 1 amide bonds. The van der Waals surface area contributed by atoms with E-state index in [0.29, 0.717) is 17.2 Å². The molecule has 4 nitrogen and oxygen atoms in total. The number of aliphatic hydroxyl groups is 1. The van der Waals surface area contributed by atoms with Gasteiger partial charge in [-0.15, -0.1) is 0 Å². The van der Waals surface area contributed by atoms with Crippen LogP contribution in [-0.4, -0.2) is 16.8 Å². The van der Waals surface area contributed by atoms with Crippen LogP contribution in [0.5, 0.6) is 0 Å². The van der Waals surface area contributed by atoms with Crippen LogP contribution in [0.25, 0.3) is 0 Å². The van der Waals surface area contributed by atoms with Crippen LogP contribution in [0.1, 0.15) is 46.7 Å². The molecule has 1 aliphatic carbocycles. The molecule has 0 radical (unpaired) electrons. The predicted octanol–water partition coefficient (Wildman–Crippen LogP) is 3.63. The van der Waals surface area contributed by atoms with Crippen LogP contribution in [0, 0.1) is 0 Å². The van der Waals surface area contributed by atoms with E-state index in [1.54, 1.807) is 30.3 Å². The van der Waals surface area contributed by atoms with Crippen LogP contribution < -0.4 is 5.32 Å². The summed E-state index contributed by atoms with van der Waals surface area (Å²) in [5, 5.41) is 13.7. The van der Waals surface area contributed by atoms with Gasteiger partial charge in [-0.05, 0) is 36.5 Å². The molecule has 1 saturated carbocycles. The van der Waals surface area contributed by atoms with E-state index >= 15 is 0 Å². The second kappa shape index (κ2) is 5.43. The summed E-state index contributed by atoms with van der Waals surface area (Å²) in [7, 11) is 0. The minimum Gasteiger partial charge on any atom is -0.375 e. The Morgan fingerprint density at radius 2 is 1.92 bits per heavy atom. The van der Waals surface area contributed by atoms with Crippen molar-refractivity contribution in [3.8, 4) is 0 Å². The second-order valence-corrected chi connectivity index (χ2v) is 6.88. The average Bonchev–Trinajstić information content (AvgIpc) is 3.36. The van der Waals surface area contributed by atoms with Crippen molar-refractivity contribution in [2.45, 2.75) is 30.8 Å². The van der Waals surface area contributed by atoms with Gasteiger partial charge < -0.3 is 10.4 Å². The van der Waals surface area contributed by atoms with Gasteiger partial charge in [0, 0.05) is 21.8 Å². The van der Waals surface area contributed by atoms with Crippen molar-refractivity contribution in [2.75, 3.05) is 5.32 Å². The van der Waals surface area contributed by atoms with Gasteiger partial charge in [0.1, 0.15) is 0 Å². The molecule has 5 heteroatoms. The van der Waals surface area contributed by atoms with Crippen molar-refractivity contribution in [3.63, 3.8) is 0 Å². The molecule has 2 aromatic carbocycles. The average molecular weight is 342 g/mol. The number of fused-ring (bicyclic) bond motifs is 1. The third kappa shape index (κ3) is 2.43. The van der Waals surface area contributed by atoms with E-state index in [-0.39, 0.29) is 22.8 Å². The standard InChI is InChI=1S/C19H16ClNO3/c20-14-2-1-3-15-17(14)19(24,18(23)21-15)10-16(22)13-8-6-12(7-9-13)11-4-5-11/h1-3,6-9,11,24H,4-5,10H2,(H,21,23). The van der Waals surface area contributed by atoms with Crippen LogP contribution in [0.15, 0.2) is 42.5 Å². The molecule has 1 atom stereocenters. The summed E-state index contributed by atoms with van der Waals surface area (Å²) < 4.78 is 0. The van der Waals surface area contributed by atoms with Gasteiger partial charge in [0.25, 0.3) is 5.91 Å². The van der Waals surface area contributed by atoms with E-state index in [9.17, 15) is 14.7 Å². The normalized spacial score (nSPS) is 22.2. The molecule has 0 saturated heterocycles. The Kier molecular flexibility index (Phi) is 3.48. The monoisotopic (exact) mass is 341 g/mol. The van der Waals surface area contributed by atoms with Crippen molar-refractivity contribution < 1.29 is 14.7 Å². The maximum Gasteiger partial charge on any atom is 0.261 e. The summed E-state index contributed by atoms with van der Waals surface area (Å²) in [6, 6.07) is 12.4. The van der Waals surface area contributed by atoms with Gasteiger partial charge in [-0.3, -0.25) is 9.59 Å². The van der Waals surface area contributed by atoms with Crippen LogP contribution in [0.3, 0.4) is 0 Å². The zero-order valence-electron chi connectivity index (χ0n) is 12.9. The zero-order chi connectivity index (χ0) is 16.9. The molecule has 122 valence electrons. The van der Waals surface area contributed by atoms with Gasteiger partial charge in [0.05, 0.1) is 6.42 Å². The molecule has 0 bridgehead atoms. The minimum absolute atomic E-state index is 0.269. The van der Waals surface area contributed by atoms with Crippen LogP contribution in [0.4, 0.5) is 5.69 Å². The zero-order valence-corrected chi connectivity index (χ0v) is 13.6. The Bertz CT molecular complexity index is 842. The fourth-order valence-corrected chi connectivity index (χ4v) is 3.58. The summed E-state index contributed by atoms with van der Waals surface area (Å²) in [5.41, 5.74) is 0.518. The molecule has 2 aromatic rings. The third-order valence-corrected chi connectivity index (χ3v) is 5.06. The number of hydrogen-bond donors (Lipinski definition) is 2. The first-order chi connectivity index (χ1) is 11.5. The van der Waals surface area contributed by atoms with Gasteiger partial charge in [0.2, 0.25) is 0 Å². The molecular formula is C19H16ClNO3. The van der Waals surface area contributed by atoms with Crippen molar-refractivity contribution in [2.24, 2.45) is 0 Å². The predicted molar refractivity (Wildman–Crippen MR) is 91.3 cm³/mol. The first-order valence-corrected chi connectivity index (χ1v) is 8.33. The Labute approximate surface area is 144 Å². The van der Waals surface area contributed by atoms with Crippen LogP contribution in [-0.2, 0) is 10.4 Å². The summed E-state index contributed by atoms with van der Waals surface area (Å²) >= 11 is 6.15. The first-order valence-electron chi connectivity index (χ1n) is 7.95. The van der Waals surface area contributed by atoms with Gasteiger partial charge in [-0.1, -0.05) is 41.9 Å². The second-order valence-electron chi connectivity index (χ2n) is 6.47. The molecule has 0 spiro atoms. The molecule has 1 fully saturated rings. The molecule has 1 unspecified atom stereocenters. The number of carbonyl (C=O) groups is 2. The van der Waals surface area contributed by atoms with Crippen molar-refractivity contribution in [1.82, 2.24) is 0 Å². The minimum atomic E-state index is -1.93. The largest absolute Gasteiger partial charge is 0.375 e. The first kappa shape index (κ1) is 15.4. The highest BCUT2D eigenvalue weighted by Gasteiger charge is 2.48.